The Labute approximate surface area is 182 Å². The van der Waals surface area contributed by atoms with Gasteiger partial charge >= 0.3 is 0 Å². The van der Waals surface area contributed by atoms with Crippen LogP contribution in [0.5, 0.6) is 0 Å². The molecule has 0 bridgehead atoms. The van der Waals surface area contributed by atoms with Crippen LogP contribution < -0.4 is 5.32 Å². The van der Waals surface area contributed by atoms with Gasteiger partial charge in [0.25, 0.3) is 11.9 Å². The van der Waals surface area contributed by atoms with Crippen molar-refractivity contribution in [3.63, 3.8) is 0 Å². The van der Waals surface area contributed by atoms with E-state index in [9.17, 15) is 9.59 Å². The standard InChI is InChI=1S/C21H20N6O3S/c1-11-12(2)22-21(24-20(11)29)27-18(10-16(25-27)17-6-5-9-31-17)23-19(28)8-7-15-13(3)26-30-14(15)4/h5-6,9-10H,1,7-8H2,2-4H3,(H,23,28). The molecule has 31 heavy (non-hydrogen) atoms. The lowest BCUT2D eigenvalue weighted by molar-refractivity contribution is -0.116. The Morgan fingerprint density at radius 2 is 2.10 bits per heavy atom. The normalized spacial score (nSPS) is 13.9. The van der Waals surface area contributed by atoms with Crippen LogP contribution in [0.15, 0.2) is 50.2 Å². The number of rotatable bonds is 5. The maximum absolute atomic E-state index is 12.7. The summed E-state index contributed by atoms with van der Waals surface area (Å²) in [6.07, 6.45) is 0.725. The minimum atomic E-state index is -0.480. The fraction of sp³-hybridized carbons (Fsp3) is 0.238. The number of nitrogens with one attached hydrogen (secondary N) is 1. The van der Waals surface area contributed by atoms with Crippen LogP contribution in [0.1, 0.15) is 30.4 Å². The zero-order chi connectivity index (χ0) is 22.1. The average molecular weight is 436 g/mol. The highest BCUT2D eigenvalue weighted by atomic mass is 32.1. The minimum Gasteiger partial charge on any atom is -0.361 e. The first-order valence-corrected chi connectivity index (χ1v) is 10.4. The molecule has 1 aliphatic rings. The molecule has 3 aromatic rings. The molecule has 0 fully saturated rings. The van der Waals surface area contributed by atoms with Gasteiger partial charge in [-0.1, -0.05) is 17.8 Å². The Hall–Kier alpha value is -3.66. The number of carbonyl (C=O) groups excluding carboxylic acids is 2. The summed E-state index contributed by atoms with van der Waals surface area (Å²) >= 11 is 1.51. The summed E-state index contributed by atoms with van der Waals surface area (Å²) in [5.41, 5.74) is 3.03. The van der Waals surface area contributed by atoms with Gasteiger partial charge in [-0.05, 0) is 38.6 Å². The summed E-state index contributed by atoms with van der Waals surface area (Å²) in [4.78, 5) is 34.1. The topological polar surface area (TPSA) is 115 Å². The summed E-state index contributed by atoms with van der Waals surface area (Å²) in [5.74, 6) is 0.468. The van der Waals surface area contributed by atoms with Crippen molar-refractivity contribution in [2.75, 3.05) is 5.32 Å². The molecule has 1 aliphatic heterocycles. The molecule has 2 amide bonds. The van der Waals surface area contributed by atoms with Crippen molar-refractivity contribution < 1.29 is 14.1 Å². The number of aryl methyl sites for hydroxylation is 2. The van der Waals surface area contributed by atoms with Crippen LogP contribution in [0.25, 0.3) is 10.6 Å². The van der Waals surface area contributed by atoms with Crippen LogP contribution in [0, 0.1) is 13.8 Å². The molecule has 0 radical (unpaired) electrons. The molecule has 4 heterocycles. The van der Waals surface area contributed by atoms with Gasteiger partial charge in [0, 0.05) is 18.1 Å². The van der Waals surface area contributed by atoms with E-state index in [2.05, 4.69) is 32.1 Å². The Morgan fingerprint density at radius 3 is 2.74 bits per heavy atom. The van der Waals surface area contributed by atoms with E-state index in [0.717, 1.165) is 16.1 Å². The van der Waals surface area contributed by atoms with Gasteiger partial charge in [-0.25, -0.2) is 4.99 Å². The molecule has 0 aromatic carbocycles. The van der Waals surface area contributed by atoms with Crippen molar-refractivity contribution in [1.82, 2.24) is 14.9 Å². The van der Waals surface area contributed by atoms with E-state index in [-0.39, 0.29) is 23.9 Å². The fourth-order valence-corrected chi connectivity index (χ4v) is 3.80. The van der Waals surface area contributed by atoms with Crippen molar-refractivity contribution in [3.8, 4) is 10.6 Å². The number of hydrogen-bond donors (Lipinski definition) is 1. The van der Waals surface area contributed by atoms with E-state index in [1.807, 2.05) is 31.4 Å². The molecule has 10 heteroatoms. The zero-order valence-corrected chi connectivity index (χ0v) is 18.1. The quantitative estimate of drug-likeness (QED) is 0.614. The zero-order valence-electron chi connectivity index (χ0n) is 17.3. The summed E-state index contributed by atoms with van der Waals surface area (Å²) in [6.45, 7) is 9.03. The van der Waals surface area contributed by atoms with Crippen molar-refractivity contribution in [2.45, 2.75) is 33.6 Å². The van der Waals surface area contributed by atoms with Gasteiger partial charge in [0.2, 0.25) is 5.91 Å². The van der Waals surface area contributed by atoms with Gasteiger partial charge in [0.1, 0.15) is 17.3 Å². The minimum absolute atomic E-state index is 0.0822. The summed E-state index contributed by atoms with van der Waals surface area (Å²) in [7, 11) is 0. The molecular weight excluding hydrogens is 416 g/mol. The highest BCUT2D eigenvalue weighted by Gasteiger charge is 2.23. The third-order valence-electron chi connectivity index (χ3n) is 4.89. The Balaban J connectivity index is 1.62. The predicted molar refractivity (Wildman–Crippen MR) is 119 cm³/mol. The summed E-state index contributed by atoms with van der Waals surface area (Å²) in [6, 6.07) is 5.57. The highest BCUT2D eigenvalue weighted by Crippen LogP contribution is 2.27. The average Bonchev–Trinajstić information content (AvgIpc) is 3.46. The van der Waals surface area contributed by atoms with Crippen molar-refractivity contribution in [1.29, 1.82) is 0 Å². The third kappa shape index (κ3) is 4.15. The van der Waals surface area contributed by atoms with Crippen LogP contribution >= 0.6 is 11.3 Å². The van der Waals surface area contributed by atoms with Crippen LogP contribution in [0.2, 0.25) is 0 Å². The van der Waals surface area contributed by atoms with Gasteiger partial charge in [0.05, 0.1) is 21.9 Å². The second-order valence-electron chi connectivity index (χ2n) is 7.05. The van der Waals surface area contributed by atoms with Crippen LogP contribution in [0.3, 0.4) is 0 Å². The van der Waals surface area contributed by atoms with E-state index in [0.29, 0.717) is 29.4 Å². The highest BCUT2D eigenvalue weighted by molar-refractivity contribution is 7.13. The van der Waals surface area contributed by atoms with Gasteiger partial charge in [-0.2, -0.15) is 14.8 Å². The molecular formula is C21H20N6O3S. The number of thiophene rings is 1. The molecule has 9 nitrogen and oxygen atoms in total. The van der Waals surface area contributed by atoms with Crippen molar-refractivity contribution in [3.05, 3.63) is 52.7 Å². The molecule has 4 rings (SSSR count). The predicted octanol–water partition coefficient (Wildman–Crippen LogP) is 3.55. The van der Waals surface area contributed by atoms with E-state index >= 15 is 0 Å². The molecule has 0 atom stereocenters. The van der Waals surface area contributed by atoms with E-state index in [4.69, 9.17) is 4.52 Å². The SMILES string of the molecule is C=C1C(=O)N=C(n2nc(-c3cccs3)cc2NC(=O)CCc2c(C)noc2C)N=C1C. The number of anilines is 1. The van der Waals surface area contributed by atoms with Crippen LogP contribution in [0.4, 0.5) is 5.82 Å². The van der Waals surface area contributed by atoms with Gasteiger partial charge in [-0.15, -0.1) is 11.3 Å². The largest absolute Gasteiger partial charge is 0.361 e. The number of nitrogens with zero attached hydrogens (tertiary/aromatic N) is 5. The molecule has 0 unspecified atom stereocenters. The molecule has 1 N–H and O–H groups in total. The summed E-state index contributed by atoms with van der Waals surface area (Å²) < 4.78 is 6.53. The maximum Gasteiger partial charge on any atom is 0.281 e. The van der Waals surface area contributed by atoms with Gasteiger partial charge in [-0.3, -0.25) is 9.59 Å². The van der Waals surface area contributed by atoms with E-state index in [1.165, 1.54) is 16.0 Å². The lowest BCUT2D eigenvalue weighted by Crippen LogP contribution is -2.25. The Bertz CT molecular complexity index is 1230. The smallest absolute Gasteiger partial charge is 0.281 e. The Morgan fingerprint density at radius 1 is 1.29 bits per heavy atom. The molecule has 0 saturated carbocycles. The van der Waals surface area contributed by atoms with Crippen LogP contribution in [-0.2, 0) is 16.0 Å². The van der Waals surface area contributed by atoms with Crippen molar-refractivity contribution in [2.24, 2.45) is 9.98 Å². The second kappa shape index (κ2) is 8.23. The first-order valence-electron chi connectivity index (χ1n) is 9.57. The molecule has 158 valence electrons. The van der Waals surface area contributed by atoms with Gasteiger partial charge in [0.15, 0.2) is 0 Å². The van der Waals surface area contributed by atoms with Crippen LogP contribution in [-0.4, -0.2) is 38.4 Å². The second-order valence-corrected chi connectivity index (χ2v) is 8.00. The number of carbonyl (C=O) groups is 2. The Kier molecular flexibility index (Phi) is 5.47. The summed E-state index contributed by atoms with van der Waals surface area (Å²) in [5, 5.41) is 13.2. The van der Waals surface area contributed by atoms with E-state index in [1.54, 1.807) is 13.0 Å². The number of aromatic nitrogens is 3. The van der Waals surface area contributed by atoms with E-state index < -0.39 is 5.91 Å². The first-order chi connectivity index (χ1) is 14.8. The van der Waals surface area contributed by atoms with Crippen molar-refractivity contribution >= 4 is 40.6 Å². The molecule has 0 spiro atoms. The number of hydrogen-bond acceptors (Lipinski definition) is 7. The molecule has 0 saturated heterocycles. The molecule has 0 aliphatic carbocycles. The first kappa shape index (κ1) is 20.6. The molecule has 3 aromatic heterocycles. The number of amides is 2. The lowest BCUT2D eigenvalue weighted by atomic mass is 10.1. The lowest BCUT2D eigenvalue weighted by Gasteiger charge is -2.12. The van der Waals surface area contributed by atoms with Gasteiger partial charge < -0.3 is 9.84 Å². The fourth-order valence-electron chi connectivity index (χ4n) is 3.12. The maximum atomic E-state index is 12.7. The third-order valence-corrected chi connectivity index (χ3v) is 5.78. The number of aliphatic imine (C=N–C) groups is 2. The monoisotopic (exact) mass is 436 g/mol.